The van der Waals surface area contributed by atoms with Crippen molar-refractivity contribution in [2.45, 2.75) is 44.0 Å². The van der Waals surface area contributed by atoms with Crippen molar-refractivity contribution >= 4 is 21.6 Å². The minimum Gasteiger partial charge on any atom is -0.488 e. The lowest BCUT2D eigenvalue weighted by atomic mass is 10.0. The molecule has 0 spiro atoms. The highest BCUT2D eigenvalue weighted by molar-refractivity contribution is 7.92. The van der Waals surface area contributed by atoms with Gasteiger partial charge in [-0.25, -0.2) is 4.98 Å². The quantitative estimate of drug-likeness (QED) is 0.409. The summed E-state index contributed by atoms with van der Waals surface area (Å²) in [5, 5.41) is 9.75. The van der Waals surface area contributed by atoms with Gasteiger partial charge in [0.25, 0.3) is 10.0 Å². The fraction of sp³-hybridized carbons (Fsp3) is 0.444. The van der Waals surface area contributed by atoms with E-state index in [9.17, 15) is 18.3 Å². The standard InChI is InChI=1S/C27H36N6O5S/c1-19-13-33(20(2)17-34)27(35)12-22-11-23(30-39(36,37)26-16-32(4)18-29-26)5-6-24(22)38-25(19)15-31(3)14-21-7-9-28-10-8-21/h5-11,16,18-20,25,30,34H,12-15,17H2,1-4H3/t19-,20-,25+/m1/s1. The number of hydrogen-bond donors (Lipinski definition) is 2. The number of rotatable bonds is 9. The summed E-state index contributed by atoms with van der Waals surface area (Å²) >= 11 is 0. The number of aliphatic hydroxyl groups excluding tert-OH is 1. The topological polar surface area (TPSA) is 130 Å². The lowest BCUT2D eigenvalue weighted by Gasteiger charge is -2.34. The van der Waals surface area contributed by atoms with Crippen LogP contribution in [-0.2, 0) is 34.8 Å². The van der Waals surface area contributed by atoms with E-state index in [0.29, 0.717) is 36.6 Å². The second-order valence-electron chi connectivity index (χ2n) is 10.2. The maximum Gasteiger partial charge on any atom is 0.280 e. The Labute approximate surface area is 229 Å². The first kappa shape index (κ1) is 28.5. The smallest absolute Gasteiger partial charge is 0.280 e. The molecule has 11 nitrogen and oxygen atoms in total. The average molecular weight is 557 g/mol. The molecule has 210 valence electrons. The van der Waals surface area contributed by atoms with Gasteiger partial charge in [-0.3, -0.25) is 19.4 Å². The third-order valence-electron chi connectivity index (χ3n) is 6.82. The van der Waals surface area contributed by atoms with E-state index in [1.54, 1.807) is 47.1 Å². The summed E-state index contributed by atoms with van der Waals surface area (Å²) in [6.07, 6.45) is 6.08. The van der Waals surface area contributed by atoms with Crippen LogP contribution in [0.1, 0.15) is 25.0 Å². The zero-order chi connectivity index (χ0) is 28.2. The number of ether oxygens (including phenoxy) is 1. The molecule has 4 rings (SSSR count). The van der Waals surface area contributed by atoms with Gasteiger partial charge in [0.2, 0.25) is 5.91 Å². The Hall–Kier alpha value is -3.48. The van der Waals surface area contributed by atoms with E-state index in [1.807, 2.05) is 33.0 Å². The number of imidazole rings is 1. The molecule has 0 unspecified atom stereocenters. The number of nitrogens with one attached hydrogen (secondary N) is 1. The molecular weight excluding hydrogens is 520 g/mol. The number of anilines is 1. The molecule has 39 heavy (non-hydrogen) atoms. The van der Waals surface area contributed by atoms with Crippen LogP contribution < -0.4 is 9.46 Å². The molecule has 3 heterocycles. The van der Waals surface area contributed by atoms with Gasteiger partial charge in [-0.1, -0.05) is 6.92 Å². The van der Waals surface area contributed by atoms with Crippen molar-refractivity contribution in [3.63, 3.8) is 0 Å². The Morgan fingerprint density at radius 3 is 2.67 bits per heavy atom. The summed E-state index contributed by atoms with van der Waals surface area (Å²) in [5.74, 6) is 0.316. The third kappa shape index (κ3) is 7.14. The van der Waals surface area contributed by atoms with E-state index >= 15 is 0 Å². The SMILES string of the molecule is C[C@@H]1CN([C@H](C)CO)C(=O)Cc2cc(NS(=O)(=O)c3cn(C)cn3)ccc2O[C@H]1CN(C)Cc1ccncc1. The van der Waals surface area contributed by atoms with Crippen LogP contribution in [0, 0.1) is 5.92 Å². The molecule has 3 atom stereocenters. The number of aromatic nitrogens is 3. The van der Waals surface area contributed by atoms with Gasteiger partial charge in [0, 0.05) is 62.4 Å². The lowest BCUT2D eigenvalue weighted by molar-refractivity contribution is -0.134. The maximum absolute atomic E-state index is 13.4. The highest BCUT2D eigenvalue weighted by Gasteiger charge is 2.31. The molecule has 0 fully saturated rings. The summed E-state index contributed by atoms with van der Waals surface area (Å²) in [5.41, 5.74) is 1.99. The first-order valence-corrected chi connectivity index (χ1v) is 14.3. The molecule has 0 radical (unpaired) electrons. The van der Waals surface area contributed by atoms with Crippen LogP contribution in [0.5, 0.6) is 5.75 Å². The summed E-state index contributed by atoms with van der Waals surface area (Å²) in [6, 6.07) is 8.52. The Kier molecular flexibility index (Phi) is 8.88. The first-order chi connectivity index (χ1) is 18.6. The Morgan fingerprint density at radius 2 is 2.00 bits per heavy atom. The van der Waals surface area contributed by atoms with Gasteiger partial charge in [0.05, 0.1) is 25.4 Å². The van der Waals surface area contributed by atoms with Crippen LogP contribution in [0.15, 0.2) is 60.3 Å². The van der Waals surface area contributed by atoms with Gasteiger partial charge < -0.3 is 19.3 Å². The third-order valence-corrected chi connectivity index (χ3v) is 8.08. The molecule has 0 saturated carbocycles. The van der Waals surface area contributed by atoms with Gasteiger partial charge in [0.1, 0.15) is 11.9 Å². The van der Waals surface area contributed by atoms with Crippen LogP contribution >= 0.6 is 0 Å². The normalized spacial score (nSPS) is 19.0. The molecule has 12 heteroatoms. The number of fused-ring (bicyclic) bond motifs is 1. The summed E-state index contributed by atoms with van der Waals surface area (Å²) < 4.78 is 36.3. The fourth-order valence-electron chi connectivity index (χ4n) is 4.62. The number of amides is 1. The van der Waals surface area contributed by atoms with Crippen molar-refractivity contribution in [3.05, 3.63) is 66.4 Å². The molecule has 1 aliphatic heterocycles. The monoisotopic (exact) mass is 556 g/mol. The second kappa shape index (κ2) is 12.1. The van der Waals surface area contributed by atoms with Crippen LogP contribution in [0.25, 0.3) is 0 Å². The highest BCUT2D eigenvalue weighted by atomic mass is 32.2. The van der Waals surface area contributed by atoms with Crippen LogP contribution in [0.2, 0.25) is 0 Å². The summed E-state index contributed by atoms with van der Waals surface area (Å²) in [4.78, 5) is 25.3. The number of pyridine rings is 1. The van der Waals surface area contributed by atoms with Crippen molar-refractivity contribution in [2.75, 3.05) is 31.5 Å². The molecule has 3 aromatic rings. The van der Waals surface area contributed by atoms with Gasteiger partial charge in [-0.2, -0.15) is 8.42 Å². The molecule has 1 amide bonds. The Bertz CT molecular complexity index is 1380. The summed E-state index contributed by atoms with van der Waals surface area (Å²) in [7, 11) is -0.210. The predicted molar refractivity (Wildman–Crippen MR) is 147 cm³/mol. The van der Waals surface area contributed by atoms with E-state index in [2.05, 4.69) is 19.6 Å². The molecule has 0 aliphatic carbocycles. The van der Waals surface area contributed by atoms with E-state index in [-0.39, 0.29) is 42.0 Å². The molecule has 1 aromatic carbocycles. The maximum atomic E-state index is 13.4. The minimum atomic E-state index is -3.91. The van der Waals surface area contributed by atoms with Gasteiger partial charge >= 0.3 is 0 Å². The predicted octanol–water partition coefficient (Wildman–Crippen LogP) is 1.90. The average Bonchev–Trinajstić information content (AvgIpc) is 3.36. The van der Waals surface area contributed by atoms with E-state index in [1.165, 1.54) is 12.5 Å². The van der Waals surface area contributed by atoms with Crippen molar-refractivity contribution in [3.8, 4) is 5.75 Å². The number of sulfonamides is 1. The first-order valence-electron chi connectivity index (χ1n) is 12.8. The Balaban J connectivity index is 1.63. The van der Waals surface area contributed by atoms with Crippen molar-refractivity contribution < 1.29 is 23.1 Å². The Morgan fingerprint density at radius 1 is 1.26 bits per heavy atom. The van der Waals surface area contributed by atoms with Gasteiger partial charge in [-0.05, 0) is 49.9 Å². The zero-order valence-electron chi connectivity index (χ0n) is 22.7. The molecular formula is C27H36N6O5S. The fourth-order valence-corrected chi connectivity index (χ4v) is 5.65. The number of likely N-dealkylation sites (N-methyl/N-ethyl adjacent to an activating group) is 1. The number of nitrogens with zero attached hydrogens (tertiary/aromatic N) is 5. The summed E-state index contributed by atoms with van der Waals surface area (Å²) in [6.45, 7) is 5.39. The highest BCUT2D eigenvalue weighted by Crippen LogP contribution is 2.30. The van der Waals surface area contributed by atoms with Gasteiger partial charge in [-0.15, -0.1) is 0 Å². The van der Waals surface area contributed by atoms with Crippen LogP contribution in [-0.4, -0.2) is 82.7 Å². The number of aryl methyl sites for hydroxylation is 1. The van der Waals surface area contributed by atoms with E-state index < -0.39 is 10.0 Å². The molecule has 2 N–H and O–H groups in total. The van der Waals surface area contributed by atoms with E-state index in [4.69, 9.17) is 4.74 Å². The zero-order valence-corrected chi connectivity index (χ0v) is 23.5. The van der Waals surface area contributed by atoms with E-state index in [0.717, 1.165) is 5.56 Å². The van der Waals surface area contributed by atoms with Crippen molar-refractivity contribution in [1.29, 1.82) is 0 Å². The molecule has 1 aliphatic rings. The van der Waals surface area contributed by atoms with Gasteiger partial charge in [0.15, 0.2) is 5.03 Å². The van der Waals surface area contributed by atoms with Crippen LogP contribution in [0.4, 0.5) is 5.69 Å². The number of benzene rings is 1. The molecule has 0 saturated heterocycles. The second-order valence-corrected chi connectivity index (χ2v) is 11.9. The largest absolute Gasteiger partial charge is 0.488 e. The number of carbonyl (C=O) groups excluding carboxylic acids is 1. The minimum absolute atomic E-state index is 0.00508. The van der Waals surface area contributed by atoms with Crippen molar-refractivity contribution in [1.82, 2.24) is 24.3 Å². The molecule has 0 bridgehead atoms. The van der Waals surface area contributed by atoms with Crippen molar-refractivity contribution in [2.24, 2.45) is 13.0 Å². The van der Waals surface area contributed by atoms with Crippen LogP contribution in [0.3, 0.4) is 0 Å². The number of carbonyl (C=O) groups is 1. The lowest BCUT2D eigenvalue weighted by Crippen LogP contribution is -2.47. The number of hydrogen-bond acceptors (Lipinski definition) is 8. The number of aliphatic hydroxyl groups is 1. The molecule has 2 aromatic heterocycles.